The summed E-state index contributed by atoms with van der Waals surface area (Å²) in [5.41, 5.74) is 5.68. The number of carbonyl (C=O) groups is 3. The van der Waals surface area contributed by atoms with Crippen molar-refractivity contribution in [3.8, 4) is 0 Å². The standard InChI is InChI=1S/C31H58N4O3/c1-2-3-4-5-6-7-8-9-10-11-12-13-17-23-29(36)33-27(20-18-19-24-32)25-34-26-30(37)35(31(34)38)28-21-15-14-16-22-28/h27-28H,2-26,32H2,1H3,(H,33,36)/t27-/m0/s1. The van der Waals surface area contributed by atoms with E-state index in [-0.39, 0.29) is 36.5 Å². The number of urea groups is 1. The van der Waals surface area contributed by atoms with Gasteiger partial charge in [0.15, 0.2) is 0 Å². The van der Waals surface area contributed by atoms with Gasteiger partial charge < -0.3 is 16.0 Å². The topological polar surface area (TPSA) is 95.7 Å². The average Bonchev–Trinajstić information content (AvgIpc) is 3.19. The Bertz CT molecular complexity index is 666. The highest BCUT2D eigenvalue weighted by Gasteiger charge is 2.41. The first-order chi connectivity index (χ1) is 18.6. The number of hydrogen-bond donors (Lipinski definition) is 2. The van der Waals surface area contributed by atoms with Crippen LogP contribution in [0.1, 0.15) is 148 Å². The van der Waals surface area contributed by atoms with Gasteiger partial charge >= 0.3 is 6.03 Å². The summed E-state index contributed by atoms with van der Waals surface area (Å²) < 4.78 is 0. The van der Waals surface area contributed by atoms with Crippen molar-refractivity contribution in [2.75, 3.05) is 19.6 Å². The van der Waals surface area contributed by atoms with Gasteiger partial charge in [0.05, 0.1) is 0 Å². The zero-order valence-electron chi connectivity index (χ0n) is 24.5. The monoisotopic (exact) mass is 534 g/mol. The quantitative estimate of drug-likeness (QED) is 0.120. The smallest absolute Gasteiger partial charge is 0.327 e. The second-order valence-electron chi connectivity index (χ2n) is 11.8. The molecule has 0 unspecified atom stereocenters. The maximum absolute atomic E-state index is 13.1. The molecule has 1 heterocycles. The minimum absolute atomic E-state index is 0.0505. The van der Waals surface area contributed by atoms with Crippen molar-refractivity contribution < 1.29 is 14.4 Å². The van der Waals surface area contributed by atoms with Gasteiger partial charge in [0.1, 0.15) is 6.54 Å². The normalized spacial score (nSPS) is 17.4. The zero-order valence-corrected chi connectivity index (χ0v) is 24.5. The third kappa shape index (κ3) is 12.9. The molecule has 2 rings (SSSR count). The molecule has 7 nitrogen and oxygen atoms in total. The number of unbranched alkanes of at least 4 members (excludes halogenated alkanes) is 13. The van der Waals surface area contributed by atoms with E-state index in [4.69, 9.17) is 5.73 Å². The maximum Gasteiger partial charge on any atom is 0.327 e. The van der Waals surface area contributed by atoms with E-state index >= 15 is 0 Å². The summed E-state index contributed by atoms with van der Waals surface area (Å²) >= 11 is 0. The Kier molecular flexibility index (Phi) is 17.4. The molecular weight excluding hydrogens is 476 g/mol. The van der Waals surface area contributed by atoms with E-state index in [1.54, 1.807) is 4.90 Å². The lowest BCUT2D eigenvalue weighted by Crippen LogP contribution is -2.46. The summed E-state index contributed by atoms with van der Waals surface area (Å²) in [6, 6.07) is -0.245. The lowest BCUT2D eigenvalue weighted by Gasteiger charge is -2.30. The van der Waals surface area contributed by atoms with E-state index in [9.17, 15) is 14.4 Å². The molecule has 0 spiro atoms. The largest absolute Gasteiger partial charge is 0.352 e. The highest BCUT2D eigenvalue weighted by Crippen LogP contribution is 2.26. The molecule has 7 heteroatoms. The van der Waals surface area contributed by atoms with Crippen LogP contribution in [0.25, 0.3) is 0 Å². The minimum Gasteiger partial charge on any atom is -0.352 e. The van der Waals surface area contributed by atoms with E-state index in [1.807, 2.05) is 0 Å². The third-order valence-corrected chi connectivity index (χ3v) is 8.33. The second-order valence-corrected chi connectivity index (χ2v) is 11.8. The summed E-state index contributed by atoms with van der Waals surface area (Å²) in [4.78, 5) is 41.6. The summed E-state index contributed by atoms with van der Waals surface area (Å²) in [5.74, 6) is -0.0196. The second kappa shape index (κ2) is 20.3. The third-order valence-electron chi connectivity index (χ3n) is 8.33. The molecule has 2 fully saturated rings. The number of carbonyl (C=O) groups excluding carboxylic acids is 3. The lowest BCUT2D eigenvalue weighted by molar-refractivity contribution is -0.127. The van der Waals surface area contributed by atoms with Crippen LogP contribution in [0.2, 0.25) is 0 Å². The fourth-order valence-corrected chi connectivity index (χ4v) is 6.02. The van der Waals surface area contributed by atoms with E-state index < -0.39 is 0 Å². The first kappa shape index (κ1) is 32.6. The van der Waals surface area contributed by atoms with Crippen molar-refractivity contribution in [1.82, 2.24) is 15.1 Å². The Morgan fingerprint density at radius 1 is 0.842 bits per heavy atom. The molecular formula is C31H58N4O3. The fraction of sp³-hybridized carbons (Fsp3) is 0.903. The molecule has 0 aromatic carbocycles. The number of imide groups is 1. The summed E-state index contributed by atoms with van der Waals surface area (Å²) in [7, 11) is 0. The van der Waals surface area contributed by atoms with Gasteiger partial charge in [-0.2, -0.15) is 0 Å². The lowest BCUT2D eigenvalue weighted by atomic mass is 9.94. The summed E-state index contributed by atoms with van der Waals surface area (Å²) in [5, 5.41) is 3.17. The minimum atomic E-state index is -0.170. The molecule has 0 aromatic heterocycles. The van der Waals surface area contributed by atoms with Gasteiger partial charge in [-0.05, 0) is 38.6 Å². The van der Waals surface area contributed by atoms with E-state index in [2.05, 4.69) is 12.2 Å². The Morgan fingerprint density at radius 3 is 2.00 bits per heavy atom. The number of hydrogen-bond acceptors (Lipinski definition) is 4. The van der Waals surface area contributed by atoms with Crippen molar-refractivity contribution in [3.05, 3.63) is 0 Å². The first-order valence-electron chi connectivity index (χ1n) is 16.2. The Morgan fingerprint density at radius 2 is 1.42 bits per heavy atom. The molecule has 4 amide bonds. The predicted molar refractivity (Wildman–Crippen MR) is 156 cm³/mol. The molecule has 220 valence electrons. The first-order valence-corrected chi connectivity index (χ1v) is 16.2. The average molecular weight is 535 g/mol. The van der Waals surface area contributed by atoms with Crippen LogP contribution in [0, 0.1) is 0 Å². The Balaban J connectivity index is 1.62. The molecule has 1 saturated heterocycles. The van der Waals surface area contributed by atoms with Crippen molar-refractivity contribution in [1.29, 1.82) is 0 Å². The van der Waals surface area contributed by atoms with E-state index in [0.717, 1.165) is 57.8 Å². The number of nitrogens with two attached hydrogens (primary N) is 1. The van der Waals surface area contributed by atoms with Gasteiger partial charge in [-0.3, -0.25) is 14.5 Å². The predicted octanol–water partition coefficient (Wildman–Crippen LogP) is 6.68. The van der Waals surface area contributed by atoms with Crippen molar-refractivity contribution in [2.24, 2.45) is 5.73 Å². The molecule has 1 atom stereocenters. The van der Waals surface area contributed by atoms with Crippen LogP contribution in [0.5, 0.6) is 0 Å². The van der Waals surface area contributed by atoms with Gasteiger partial charge in [0, 0.05) is 25.0 Å². The molecule has 1 aliphatic carbocycles. The highest BCUT2D eigenvalue weighted by molar-refractivity contribution is 6.02. The number of nitrogens with one attached hydrogen (secondary N) is 1. The SMILES string of the molecule is CCCCCCCCCCCCCCCC(=O)N[C@@H](CCCCN)CN1CC(=O)N(C2CCCCC2)C1=O. The number of amides is 4. The van der Waals surface area contributed by atoms with Gasteiger partial charge in [0.2, 0.25) is 5.91 Å². The van der Waals surface area contributed by atoms with Crippen LogP contribution < -0.4 is 11.1 Å². The summed E-state index contributed by atoms with van der Waals surface area (Å²) in [6.07, 6.45) is 25.1. The van der Waals surface area contributed by atoms with Crippen LogP contribution in [-0.4, -0.2) is 59.4 Å². The van der Waals surface area contributed by atoms with E-state index in [1.165, 1.54) is 81.9 Å². The van der Waals surface area contributed by atoms with Gasteiger partial charge in [-0.1, -0.05) is 110 Å². The van der Waals surface area contributed by atoms with Crippen LogP contribution in [0.4, 0.5) is 4.79 Å². The molecule has 0 aromatic rings. The molecule has 0 bridgehead atoms. The number of nitrogens with zero attached hydrogens (tertiary/aromatic N) is 2. The Labute approximate surface area is 233 Å². The van der Waals surface area contributed by atoms with Crippen molar-refractivity contribution in [2.45, 2.75) is 160 Å². The highest BCUT2D eigenvalue weighted by atomic mass is 16.2. The van der Waals surface area contributed by atoms with Crippen LogP contribution in [0.15, 0.2) is 0 Å². The van der Waals surface area contributed by atoms with Crippen molar-refractivity contribution >= 4 is 17.8 Å². The molecule has 38 heavy (non-hydrogen) atoms. The Hall–Kier alpha value is -1.63. The van der Waals surface area contributed by atoms with E-state index in [0.29, 0.717) is 19.5 Å². The van der Waals surface area contributed by atoms with Crippen LogP contribution in [-0.2, 0) is 9.59 Å². The zero-order chi connectivity index (χ0) is 27.4. The summed E-state index contributed by atoms with van der Waals surface area (Å²) in [6.45, 7) is 3.43. The maximum atomic E-state index is 13.1. The molecule has 1 aliphatic heterocycles. The molecule has 3 N–H and O–H groups in total. The molecule has 1 saturated carbocycles. The van der Waals surface area contributed by atoms with Gasteiger partial charge in [-0.15, -0.1) is 0 Å². The van der Waals surface area contributed by atoms with Crippen LogP contribution >= 0.6 is 0 Å². The fourth-order valence-electron chi connectivity index (χ4n) is 6.02. The number of rotatable bonds is 22. The van der Waals surface area contributed by atoms with Crippen LogP contribution in [0.3, 0.4) is 0 Å². The van der Waals surface area contributed by atoms with Gasteiger partial charge in [-0.25, -0.2) is 4.79 Å². The van der Waals surface area contributed by atoms with Gasteiger partial charge in [0.25, 0.3) is 5.91 Å². The molecule has 0 radical (unpaired) electrons. The molecule has 2 aliphatic rings. The van der Waals surface area contributed by atoms with Crippen molar-refractivity contribution in [3.63, 3.8) is 0 Å².